The molecule has 3 unspecified atom stereocenters. The number of hydrogen-bond donors (Lipinski definition) is 1. The molecule has 0 radical (unpaired) electrons. The Balaban J connectivity index is 1.70. The average Bonchev–Trinajstić information content (AvgIpc) is 3.15. The predicted octanol–water partition coefficient (Wildman–Crippen LogP) is 3.90. The second-order valence-electron chi connectivity index (χ2n) is 6.71. The topological polar surface area (TPSA) is 57.6 Å². The third-order valence-corrected chi connectivity index (χ3v) is 6.40. The molecule has 1 aromatic heterocycles. The highest BCUT2D eigenvalue weighted by Gasteiger charge is 2.47. The van der Waals surface area contributed by atoms with Crippen LogP contribution >= 0.6 is 11.3 Å². The summed E-state index contributed by atoms with van der Waals surface area (Å²) in [5.41, 5.74) is 0. The molecule has 1 aromatic carbocycles. The third-order valence-electron chi connectivity index (χ3n) is 5.30. The minimum atomic E-state index is -0.926. The predicted molar refractivity (Wildman–Crippen MR) is 89.7 cm³/mol. The Bertz CT molecular complexity index is 818. The van der Waals surface area contributed by atoms with E-state index >= 15 is 0 Å². The largest absolute Gasteiger partial charge is 0.480 e. The SMILES string of the molecule is O=C(O)C1CC2CCCCC2N1C(=O)c1cc2cc(F)ccc2s1. The van der Waals surface area contributed by atoms with Crippen LogP contribution in [0.15, 0.2) is 24.3 Å². The number of thiophene rings is 1. The van der Waals surface area contributed by atoms with Gasteiger partial charge in [0.05, 0.1) is 4.88 Å². The summed E-state index contributed by atoms with van der Waals surface area (Å²) >= 11 is 1.30. The van der Waals surface area contributed by atoms with Crippen LogP contribution in [0.3, 0.4) is 0 Å². The Morgan fingerprint density at radius 1 is 1.21 bits per heavy atom. The molecule has 1 aliphatic carbocycles. The fraction of sp³-hybridized carbons (Fsp3) is 0.444. The molecule has 1 aliphatic heterocycles. The fourth-order valence-electron chi connectivity index (χ4n) is 4.22. The first-order valence-electron chi connectivity index (χ1n) is 8.29. The number of halogens is 1. The summed E-state index contributed by atoms with van der Waals surface area (Å²) in [6, 6.07) is 5.40. The van der Waals surface area contributed by atoms with Gasteiger partial charge in [-0.2, -0.15) is 0 Å². The van der Waals surface area contributed by atoms with Crippen molar-refractivity contribution in [2.45, 2.75) is 44.2 Å². The van der Waals surface area contributed by atoms with Crippen LogP contribution in [0.4, 0.5) is 4.39 Å². The summed E-state index contributed by atoms with van der Waals surface area (Å²) in [7, 11) is 0. The van der Waals surface area contributed by atoms with Gasteiger partial charge in [-0.15, -0.1) is 11.3 Å². The Labute approximate surface area is 142 Å². The first kappa shape index (κ1) is 15.6. The van der Waals surface area contributed by atoms with E-state index in [0.717, 1.165) is 30.4 Å². The Kier molecular flexibility index (Phi) is 3.79. The molecule has 2 fully saturated rings. The molecule has 2 heterocycles. The quantitative estimate of drug-likeness (QED) is 0.896. The van der Waals surface area contributed by atoms with Crippen LogP contribution in [0.1, 0.15) is 41.8 Å². The second kappa shape index (κ2) is 5.84. The number of carboxylic acid groups (broad SMARTS) is 1. The van der Waals surface area contributed by atoms with Crippen LogP contribution in [0.25, 0.3) is 10.1 Å². The maximum atomic E-state index is 13.4. The molecular weight excluding hydrogens is 329 g/mol. The number of fused-ring (bicyclic) bond motifs is 2. The van der Waals surface area contributed by atoms with Gasteiger partial charge >= 0.3 is 5.97 Å². The van der Waals surface area contributed by atoms with E-state index in [-0.39, 0.29) is 23.7 Å². The molecule has 1 amide bonds. The number of aliphatic carboxylic acids is 1. The number of rotatable bonds is 2. The summed E-state index contributed by atoms with van der Waals surface area (Å²) in [5, 5.41) is 10.3. The first-order chi connectivity index (χ1) is 11.5. The van der Waals surface area contributed by atoms with Crippen molar-refractivity contribution >= 4 is 33.3 Å². The molecule has 0 spiro atoms. The van der Waals surface area contributed by atoms with E-state index in [1.807, 2.05) is 0 Å². The Hall–Kier alpha value is -1.95. The molecule has 3 atom stereocenters. The zero-order valence-electron chi connectivity index (χ0n) is 13.1. The van der Waals surface area contributed by atoms with E-state index in [1.165, 1.54) is 23.5 Å². The Morgan fingerprint density at radius 3 is 2.79 bits per heavy atom. The molecular formula is C18H18FNO3S. The van der Waals surface area contributed by atoms with Gasteiger partial charge in [-0.05, 0) is 54.8 Å². The van der Waals surface area contributed by atoms with Gasteiger partial charge in [-0.1, -0.05) is 12.8 Å². The molecule has 1 saturated carbocycles. The van der Waals surface area contributed by atoms with Crippen molar-refractivity contribution in [1.29, 1.82) is 0 Å². The molecule has 24 heavy (non-hydrogen) atoms. The number of likely N-dealkylation sites (tertiary alicyclic amines) is 1. The normalized spacial score (nSPS) is 26.5. The van der Waals surface area contributed by atoms with Crippen LogP contribution in [0.5, 0.6) is 0 Å². The number of hydrogen-bond acceptors (Lipinski definition) is 3. The molecule has 1 N–H and O–H groups in total. The van der Waals surface area contributed by atoms with E-state index in [1.54, 1.807) is 17.0 Å². The molecule has 6 heteroatoms. The summed E-state index contributed by atoms with van der Waals surface area (Å²) in [6.45, 7) is 0. The van der Waals surface area contributed by atoms with Crippen LogP contribution in [0, 0.1) is 11.7 Å². The number of amides is 1. The van der Waals surface area contributed by atoms with Gasteiger partial charge in [-0.3, -0.25) is 4.79 Å². The lowest BCUT2D eigenvalue weighted by Crippen LogP contribution is -2.46. The number of carbonyl (C=O) groups is 2. The Morgan fingerprint density at radius 2 is 2.00 bits per heavy atom. The molecule has 2 aliphatic rings. The van der Waals surface area contributed by atoms with E-state index in [9.17, 15) is 19.1 Å². The van der Waals surface area contributed by atoms with E-state index in [0.29, 0.717) is 16.7 Å². The lowest BCUT2D eigenvalue weighted by atomic mass is 9.85. The highest BCUT2D eigenvalue weighted by molar-refractivity contribution is 7.20. The summed E-state index contributed by atoms with van der Waals surface area (Å²) in [5.74, 6) is -1.20. The monoisotopic (exact) mass is 347 g/mol. The number of carbonyl (C=O) groups excluding carboxylic acids is 1. The highest BCUT2D eigenvalue weighted by Crippen LogP contribution is 2.41. The smallest absolute Gasteiger partial charge is 0.326 e. The van der Waals surface area contributed by atoms with Crippen LogP contribution in [-0.4, -0.2) is 34.0 Å². The van der Waals surface area contributed by atoms with Crippen LogP contribution < -0.4 is 0 Å². The molecule has 2 aromatic rings. The molecule has 0 bridgehead atoms. The summed E-state index contributed by atoms with van der Waals surface area (Å²) < 4.78 is 14.2. The lowest BCUT2D eigenvalue weighted by molar-refractivity contribution is -0.141. The van der Waals surface area contributed by atoms with E-state index < -0.39 is 12.0 Å². The van der Waals surface area contributed by atoms with Gasteiger partial charge in [0, 0.05) is 10.7 Å². The zero-order valence-corrected chi connectivity index (χ0v) is 13.9. The minimum absolute atomic E-state index is 0.0225. The van der Waals surface area contributed by atoms with Gasteiger partial charge in [0.15, 0.2) is 0 Å². The van der Waals surface area contributed by atoms with Crippen molar-refractivity contribution in [2.24, 2.45) is 5.92 Å². The molecule has 126 valence electrons. The average molecular weight is 347 g/mol. The van der Waals surface area contributed by atoms with Crippen LogP contribution in [0.2, 0.25) is 0 Å². The summed E-state index contributed by atoms with van der Waals surface area (Å²) in [4.78, 5) is 26.8. The van der Waals surface area contributed by atoms with E-state index in [2.05, 4.69) is 0 Å². The van der Waals surface area contributed by atoms with Gasteiger partial charge in [0.2, 0.25) is 0 Å². The van der Waals surface area contributed by atoms with Crippen molar-refractivity contribution in [3.05, 3.63) is 35.0 Å². The van der Waals surface area contributed by atoms with Gasteiger partial charge in [0.1, 0.15) is 11.9 Å². The maximum Gasteiger partial charge on any atom is 0.326 e. The molecule has 4 rings (SSSR count). The number of carboxylic acids is 1. The highest BCUT2D eigenvalue weighted by atomic mass is 32.1. The second-order valence-corrected chi connectivity index (χ2v) is 7.79. The molecule has 1 saturated heterocycles. The van der Waals surface area contributed by atoms with Crippen molar-refractivity contribution in [1.82, 2.24) is 4.90 Å². The van der Waals surface area contributed by atoms with Crippen molar-refractivity contribution < 1.29 is 19.1 Å². The maximum absolute atomic E-state index is 13.4. The van der Waals surface area contributed by atoms with Crippen molar-refractivity contribution in [3.8, 4) is 0 Å². The van der Waals surface area contributed by atoms with Crippen molar-refractivity contribution in [2.75, 3.05) is 0 Å². The standard InChI is InChI=1S/C18H18FNO3S/c19-12-5-6-15-11(7-12)9-16(24-15)17(21)20-13-4-2-1-3-10(13)8-14(20)18(22)23/h5-7,9-10,13-14H,1-4,8H2,(H,22,23). The molecule has 4 nitrogen and oxygen atoms in total. The number of benzene rings is 1. The van der Waals surface area contributed by atoms with Gasteiger partial charge in [0.25, 0.3) is 5.91 Å². The lowest BCUT2D eigenvalue weighted by Gasteiger charge is -2.32. The van der Waals surface area contributed by atoms with Crippen LogP contribution in [-0.2, 0) is 4.79 Å². The fourth-order valence-corrected chi connectivity index (χ4v) is 5.21. The zero-order chi connectivity index (χ0) is 16.8. The summed E-state index contributed by atoms with van der Waals surface area (Å²) in [6.07, 6.45) is 4.56. The number of nitrogens with zero attached hydrogens (tertiary/aromatic N) is 1. The first-order valence-corrected chi connectivity index (χ1v) is 9.11. The minimum Gasteiger partial charge on any atom is -0.480 e. The van der Waals surface area contributed by atoms with Crippen molar-refractivity contribution in [3.63, 3.8) is 0 Å². The van der Waals surface area contributed by atoms with Gasteiger partial charge < -0.3 is 10.0 Å². The van der Waals surface area contributed by atoms with Gasteiger partial charge in [-0.25, -0.2) is 9.18 Å². The third kappa shape index (κ3) is 2.49. The van der Waals surface area contributed by atoms with E-state index in [4.69, 9.17) is 0 Å².